The van der Waals surface area contributed by atoms with Gasteiger partial charge in [0.15, 0.2) is 0 Å². The minimum Gasteiger partial charge on any atom is -0.354 e. The maximum Gasteiger partial charge on any atom is 0.0470 e. The van der Waals surface area contributed by atoms with Crippen LogP contribution < -0.4 is 5.32 Å². The predicted octanol–water partition coefficient (Wildman–Crippen LogP) is 4.61. The van der Waals surface area contributed by atoms with Crippen LogP contribution in [0.5, 0.6) is 0 Å². The molecule has 1 heteroatoms. The summed E-state index contributed by atoms with van der Waals surface area (Å²) in [7, 11) is 0. The first-order chi connectivity index (χ1) is 9.40. The van der Waals surface area contributed by atoms with Gasteiger partial charge >= 0.3 is 0 Å². The minimum absolute atomic E-state index is 1.11. The smallest absolute Gasteiger partial charge is 0.0470 e. The number of rotatable bonds is 0. The van der Waals surface area contributed by atoms with E-state index in [9.17, 15) is 0 Å². The highest BCUT2D eigenvalue weighted by Crippen LogP contribution is 2.38. The average Bonchev–Trinajstić information content (AvgIpc) is 2.41. The van der Waals surface area contributed by atoms with Crippen molar-refractivity contribution < 1.29 is 0 Å². The number of para-hydroxylation sites is 1. The van der Waals surface area contributed by atoms with E-state index < -0.39 is 0 Å². The van der Waals surface area contributed by atoms with Gasteiger partial charge in [-0.05, 0) is 25.1 Å². The van der Waals surface area contributed by atoms with E-state index in [2.05, 4.69) is 47.5 Å². The zero-order valence-corrected chi connectivity index (χ0v) is 10.9. The van der Waals surface area contributed by atoms with Gasteiger partial charge in [0.1, 0.15) is 0 Å². The Balaban J connectivity index is 2.28. The molecule has 3 rings (SSSR count). The van der Waals surface area contributed by atoms with Crippen LogP contribution >= 0.6 is 0 Å². The van der Waals surface area contributed by atoms with Crippen molar-refractivity contribution in [3.63, 3.8) is 0 Å². The van der Waals surface area contributed by atoms with Crippen molar-refractivity contribution in [1.29, 1.82) is 0 Å². The Morgan fingerprint density at radius 1 is 1.00 bits per heavy atom. The van der Waals surface area contributed by atoms with Crippen molar-refractivity contribution in [2.45, 2.75) is 6.92 Å². The standard InChI is InChI=1S/C18H15N/c1-2-9-14-15-10-5-3-4-6-12-17(15)19-18-13-8-7-11-16(14)18/h2-8,10-13,19H,1H3/b4-3?,5-3-,6-4-,10-5?,12-6?,15-10-,17-12+. The van der Waals surface area contributed by atoms with Gasteiger partial charge in [-0.3, -0.25) is 0 Å². The number of nitrogens with one attached hydrogen (secondary N) is 1. The molecule has 0 fully saturated rings. The van der Waals surface area contributed by atoms with E-state index in [1.807, 2.05) is 37.3 Å². The van der Waals surface area contributed by atoms with Crippen molar-refractivity contribution in [3.8, 4) is 0 Å². The van der Waals surface area contributed by atoms with Crippen molar-refractivity contribution in [2.75, 3.05) is 5.32 Å². The molecule has 0 saturated heterocycles. The Kier molecular flexibility index (Phi) is 3.06. The van der Waals surface area contributed by atoms with Gasteiger partial charge in [0.2, 0.25) is 0 Å². The molecule has 0 bridgehead atoms. The van der Waals surface area contributed by atoms with E-state index in [0.29, 0.717) is 0 Å². The molecule has 1 heterocycles. The molecular weight excluding hydrogens is 230 g/mol. The Morgan fingerprint density at radius 2 is 1.79 bits per heavy atom. The molecular formula is C18H15N. The molecule has 19 heavy (non-hydrogen) atoms. The van der Waals surface area contributed by atoms with Crippen LogP contribution in [0.4, 0.5) is 5.69 Å². The lowest BCUT2D eigenvalue weighted by Crippen LogP contribution is -2.12. The third-order valence-electron chi connectivity index (χ3n) is 3.17. The quantitative estimate of drug-likeness (QED) is 0.658. The lowest BCUT2D eigenvalue weighted by molar-refractivity contribution is 1.34. The van der Waals surface area contributed by atoms with E-state index in [1.165, 1.54) is 11.1 Å². The lowest BCUT2D eigenvalue weighted by Gasteiger charge is -2.25. The van der Waals surface area contributed by atoms with Gasteiger partial charge in [-0.1, -0.05) is 48.6 Å². The largest absolute Gasteiger partial charge is 0.354 e. The number of benzene rings is 1. The molecule has 92 valence electrons. The molecule has 0 atom stereocenters. The summed E-state index contributed by atoms with van der Waals surface area (Å²) in [5, 5.41) is 3.49. The second-order valence-electron chi connectivity index (χ2n) is 4.41. The van der Waals surface area contributed by atoms with Gasteiger partial charge in [0, 0.05) is 28.1 Å². The topological polar surface area (TPSA) is 12.0 Å². The molecule has 1 aromatic rings. The van der Waals surface area contributed by atoms with Crippen LogP contribution in [0, 0.1) is 0 Å². The summed E-state index contributed by atoms with van der Waals surface area (Å²) in [4.78, 5) is 0. The SMILES string of the molecule is CC=C=C1C2=C/C=C\C=C/C=C\2Nc2ccccc21. The molecule has 0 saturated carbocycles. The Labute approximate surface area is 113 Å². The fourth-order valence-electron chi connectivity index (χ4n) is 2.34. The fourth-order valence-corrected chi connectivity index (χ4v) is 2.34. The zero-order chi connectivity index (χ0) is 13.1. The molecule has 1 nitrogen and oxygen atoms in total. The minimum atomic E-state index is 1.11. The highest BCUT2D eigenvalue weighted by molar-refractivity contribution is 5.94. The Morgan fingerprint density at radius 3 is 2.63 bits per heavy atom. The monoisotopic (exact) mass is 245 g/mol. The Hall–Kier alpha value is -2.50. The summed E-state index contributed by atoms with van der Waals surface area (Å²) >= 11 is 0. The van der Waals surface area contributed by atoms with Gasteiger partial charge in [-0.15, -0.1) is 5.73 Å². The maximum absolute atomic E-state index is 3.49. The van der Waals surface area contributed by atoms with Gasteiger partial charge < -0.3 is 5.32 Å². The molecule has 0 amide bonds. The molecule has 0 aromatic heterocycles. The Bertz CT molecular complexity index is 690. The summed E-state index contributed by atoms with van der Waals surface area (Å²) < 4.78 is 0. The van der Waals surface area contributed by atoms with Crippen LogP contribution in [-0.2, 0) is 0 Å². The van der Waals surface area contributed by atoms with Gasteiger partial charge in [0.25, 0.3) is 0 Å². The summed E-state index contributed by atoms with van der Waals surface area (Å²) in [6.45, 7) is 2.00. The van der Waals surface area contributed by atoms with Crippen LogP contribution in [0.1, 0.15) is 12.5 Å². The summed E-state index contributed by atoms with van der Waals surface area (Å²) in [5.74, 6) is 0. The third kappa shape index (κ3) is 2.12. The van der Waals surface area contributed by atoms with E-state index in [1.54, 1.807) is 0 Å². The summed E-state index contributed by atoms with van der Waals surface area (Å²) in [5.41, 5.74) is 9.14. The normalized spacial score (nSPS) is 24.8. The number of fused-ring (bicyclic) bond motifs is 2. The molecule has 0 radical (unpaired) electrons. The molecule has 1 N–H and O–H groups in total. The van der Waals surface area contributed by atoms with Gasteiger partial charge in [0.05, 0.1) is 0 Å². The second-order valence-corrected chi connectivity index (χ2v) is 4.41. The van der Waals surface area contributed by atoms with Crippen molar-refractivity contribution in [3.05, 3.63) is 89.4 Å². The first kappa shape index (κ1) is 11.6. The number of hydrogen-bond acceptors (Lipinski definition) is 1. The first-order valence-electron chi connectivity index (χ1n) is 6.44. The summed E-state index contributed by atoms with van der Waals surface area (Å²) in [6.07, 6.45) is 14.4. The summed E-state index contributed by atoms with van der Waals surface area (Å²) in [6, 6.07) is 8.34. The van der Waals surface area contributed by atoms with Crippen LogP contribution in [-0.4, -0.2) is 0 Å². The van der Waals surface area contributed by atoms with Crippen LogP contribution in [0.2, 0.25) is 0 Å². The second kappa shape index (κ2) is 5.01. The van der Waals surface area contributed by atoms with E-state index in [0.717, 1.165) is 17.0 Å². The van der Waals surface area contributed by atoms with Crippen molar-refractivity contribution in [2.24, 2.45) is 0 Å². The maximum atomic E-state index is 3.49. The van der Waals surface area contributed by atoms with Crippen LogP contribution in [0.25, 0.3) is 5.57 Å². The molecule has 0 spiro atoms. The highest BCUT2D eigenvalue weighted by Gasteiger charge is 2.21. The third-order valence-corrected chi connectivity index (χ3v) is 3.17. The fraction of sp³-hybridized carbons (Fsp3) is 0.0556. The number of anilines is 1. The van der Waals surface area contributed by atoms with Gasteiger partial charge in [-0.25, -0.2) is 0 Å². The number of hydrogen-bond donors (Lipinski definition) is 1. The van der Waals surface area contributed by atoms with Crippen LogP contribution in [0.3, 0.4) is 0 Å². The predicted molar refractivity (Wildman–Crippen MR) is 81.7 cm³/mol. The van der Waals surface area contributed by atoms with E-state index in [-0.39, 0.29) is 0 Å². The van der Waals surface area contributed by atoms with E-state index >= 15 is 0 Å². The molecule has 1 aliphatic carbocycles. The first-order valence-corrected chi connectivity index (χ1v) is 6.44. The lowest BCUT2D eigenvalue weighted by atomic mass is 9.90. The highest BCUT2D eigenvalue weighted by atomic mass is 14.9. The molecule has 2 aliphatic rings. The zero-order valence-electron chi connectivity index (χ0n) is 10.9. The van der Waals surface area contributed by atoms with Crippen molar-refractivity contribution >= 4 is 11.3 Å². The van der Waals surface area contributed by atoms with E-state index in [4.69, 9.17) is 0 Å². The van der Waals surface area contributed by atoms with Crippen LogP contribution in [0.15, 0.2) is 83.8 Å². The molecule has 1 aromatic carbocycles. The van der Waals surface area contributed by atoms with Crippen molar-refractivity contribution in [1.82, 2.24) is 0 Å². The average molecular weight is 245 g/mol. The number of allylic oxidation sites excluding steroid dienone is 7. The molecule has 1 aliphatic heterocycles. The van der Waals surface area contributed by atoms with Gasteiger partial charge in [-0.2, -0.15) is 0 Å². The molecule has 0 unspecified atom stereocenters.